The summed E-state index contributed by atoms with van der Waals surface area (Å²) in [4.78, 5) is 14.6. The molecule has 0 spiro atoms. The largest absolute Gasteiger partial charge is 0.376 e. The third-order valence-electron chi connectivity index (χ3n) is 6.33. The first-order valence-electron chi connectivity index (χ1n) is 10.4. The molecular weight excluding hydrogens is 361 g/mol. The molecule has 6 nitrogen and oxygen atoms in total. The van der Waals surface area contributed by atoms with Crippen LogP contribution in [0.2, 0.25) is 0 Å². The van der Waals surface area contributed by atoms with Gasteiger partial charge in [-0.05, 0) is 55.7 Å². The van der Waals surface area contributed by atoms with Gasteiger partial charge in [-0.1, -0.05) is 12.1 Å². The summed E-state index contributed by atoms with van der Waals surface area (Å²) in [5.41, 5.74) is 7.10. The number of nitrogens with two attached hydrogens (primary N) is 1. The monoisotopic (exact) mass is 391 g/mol. The Morgan fingerprint density at radius 2 is 1.79 bits per heavy atom. The molecule has 1 aromatic carbocycles. The highest BCUT2D eigenvalue weighted by atomic mass is 19.1. The van der Waals surface area contributed by atoms with Crippen molar-refractivity contribution in [2.75, 3.05) is 26.3 Å². The fourth-order valence-electron chi connectivity index (χ4n) is 4.65. The Hall–Kier alpha value is -1.70. The normalized spacial score (nSPS) is 31.7. The molecule has 1 aromatic rings. The Bertz CT molecular complexity index is 663. The number of hydrogen-bond donors (Lipinski definition) is 2. The first-order valence-corrected chi connectivity index (χ1v) is 10.4. The molecule has 3 saturated heterocycles. The molecule has 3 N–H and O–H groups in total. The van der Waals surface area contributed by atoms with Gasteiger partial charge >= 0.3 is 6.03 Å². The maximum absolute atomic E-state index is 13.1. The van der Waals surface area contributed by atoms with Crippen molar-refractivity contribution >= 4 is 6.03 Å². The Balaban J connectivity index is 1.26. The Morgan fingerprint density at radius 1 is 1.07 bits per heavy atom. The average molecular weight is 391 g/mol. The first-order chi connectivity index (χ1) is 13.6. The standard InChI is InChI=1S/C21H30FN3O3/c22-16-3-1-14(2-4-16)19-13-17(7-11-27-19)24-21(26)25-9-5-15(6-10-25)20-18(23)8-12-28-20/h1-4,15,17-20H,5-13,23H2,(H,24,26)/t17?,18-,19?,20+/m1/s1. The molecule has 7 heteroatoms. The van der Waals surface area contributed by atoms with Crippen LogP contribution in [0.3, 0.4) is 0 Å². The number of halogens is 1. The molecule has 3 fully saturated rings. The molecule has 0 saturated carbocycles. The lowest BCUT2D eigenvalue weighted by atomic mass is 9.88. The Morgan fingerprint density at radius 3 is 2.46 bits per heavy atom. The lowest BCUT2D eigenvalue weighted by molar-refractivity contribution is 0.000447. The second-order valence-electron chi connectivity index (χ2n) is 8.19. The second-order valence-corrected chi connectivity index (χ2v) is 8.19. The van der Waals surface area contributed by atoms with E-state index in [9.17, 15) is 9.18 Å². The third-order valence-corrected chi connectivity index (χ3v) is 6.33. The van der Waals surface area contributed by atoms with Gasteiger partial charge in [-0.3, -0.25) is 0 Å². The summed E-state index contributed by atoms with van der Waals surface area (Å²) in [5, 5.41) is 3.17. The molecule has 3 aliphatic heterocycles. The molecule has 3 aliphatic rings. The fraction of sp³-hybridized carbons (Fsp3) is 0.667. The van der Waals surface area contributed by atoms with E-state index in [1.54, 1.807) is 12.1 Å². The van der Waals surface area contributed by atoms with Crippen molar-refractivity contribution in [3.05, 3.63) is 35.6 Å². The van der Waals surface area contributed by atoms with E-state index in [0.29, 0.717) is 18.9 Å². The summed E-state index contributed by atoms with van der Waals surface area (Å²) in [6.07, 6.45) is 4.37. The van der Waals surface area contributed by atoms with E-state index in [1.165, 1.54) is 12.1 Å². The molecular formula is C21H30FN3O3. The summed E-state index contributed by atoms with van der Waals surface area (Å²) < 4.78 is 24.8. The minimum Gasteiger partial charge on any atom is -0.376 e. The molecule has 28 heavy (non-hydrogen) atoms. The highest BCUT2D eigenvalue weighted by Gasteiger charge is 2.36. The van der Waals surface area contributed by atoms with Crippen molar-refractivity contribution in [3.63, 3.8) is 0 Å². The maximum atomic E-state index is 13.1. The number of nitrogens with zero attached hydrogens (tertiary/aromatic N) is 1. The zero-order valence-corrected chi connectivity index (χ0v) is 16.2. The zero-order valence-electron chi connectivity index (χ0n) is 16.2. The third kappa shape index (κ3) is 4.47. The number of benzene rings is 1. The summed E-state index contributed by atoms with van der Waals surface area (Å²) >= 11 is 0. The topological polar surface area (TPSA) is 76.8 Å². The second kappa shape index (κ2) is 8.76. The number of amides is 2. The number of piperidine rings is 1. The minimum atomic E-state index is -0.253. The maximum Gasteiger partial charge on any atom is 0.317 e. The molecule has 2 unspecified atom stereocenters. The lowest BCUT2D eigenvalue weighted by Crippen LogP contribution is -2.51. The van der Waals surface area contributed by atoms with Gasteiger partial charge in [-0.2, -0.15) is 0 Å². The molecule has 2 amide bonds. The van der Waals surface area contributed by atoms with Crippen molar-refractivity contribution < 1.29 is 18.7 Å². The predicted octanol–water partition coefficient (Wildman–Crippen LogP) is 2.58. The van der Waals surface area contributed by atoms with Crippen LogP contribution in [-0.4, -0.2) is 55.4 Å². The van der Waals surface area contributed by atoms with Crippen LogP contribution in [0, 0.1) is 11.7 Å². The number of rotatable bonds is 3. The van der Waals surface area contributed by atoms with Crippen LogP contribution in [0.25, 0.3) is 0 Å². The highest BCUT2D eigenvalue weighted by molar-refractivity contribution is 5.74. The van der Waals surface area contributed by atoms with E-state index in [4.69, 9.17) is 15.2 Å². The van der Waals surface area contributed by atoms with Gasteiger partial charge < -0.3 is 25.4 Å². The number of urea groups is 1. The molecule has 0 radical (unpaired) electrons. The predicted molar refractivity (Wildman–Crippen MR) is 103 cm³/mol. The Kier molecular flexibility index (Phi) is 6.13. The van der Waals surface area contributed by atoms with Gasteiger partial charge in [0, 0.05) is 38.4 Å². The van der Waals surface area contributed by atoms with Crippen molar-refractivity contribution in [2.45, 2.75) is 56.4 Å². The number of ether oxygens (including phenoxy) is 2. The van der Waals surface area contributed by atoms with Gasteiger partial charge in [0.05, 0.1) is 12.2 Å². The van der Waals surface area contributed by atoms with Crippen molar-refractivity contribution in [1.82, 2.24) is 10.2 Å². The Labute approximate surface area is 165 Å². The number of likely N-dealkylation sites (tertiary alicyclic amines) is 1. The molecule has 4 atom stereocenters. The molecule has 154 valence electrons. The lowest BCUT2D eigenvalue weighted by Gasteiger charge is -2.37. The smallest absolute Gasteiger partial charge is 0.317 e. The van der Waals surface area contributed by atoms with Gasteiger partial charge in [-0.15, -0.1) is 0 Å². The molecule has 0 aliphatic carbocycles. The SMILES string of the molecule is N[C@@H]1CCO[C@H]1C1CCN(C(=O)NC2CCOC(c3ccc(F)cc3)C2)CC1. The summed E-state index contributed by atoms with van der Waals surface area (Å²) in [5.74, 6) is 0.198. The van der Waals surface area contributed by atoms with Crippen LogP contribution in [0.15, 0.2) is 24.3 Å². The van der Waals surface area contributed by atoms with Crippen molar-refractivity contribution in [1.29, 1.82) is 0 Å². The van der Waals surface area contributed by atoms with Gasteiger partial charge in [0.2, 0.25) is 0 Å². The van der Waals surface area contributed by atoms with E-state index in [0.717, 1.165) is 50.9 Å². The van der Waals surface area contributed by atoms with Crippen LogP contribution in [0.5, 0.6) is 0 Å². The van der Waals surface area contributed by atoms with E-state index >= 15 is 0 Å². The number of carbonyl (C=O) groups is 1. The number of hydrogen-bond acceptors (Lipinski definition) is 4. The highest BCUT2D eigenvalue weighted by Crippen LogP contribution is 2.30. The van der Waals surface area contributed by atoms with Crippen molar-refractivity contribution in [3.8, 4) is 0 Å². The average Bonchev–Trinajstić information content (AvgIpc) is 3.15. The fourth-order valence-corrected chi connectivity index (χ4v) is 4.65. The van der Waals surface area contributed by atoms with E-state index in [-0.39, 0.29) is 36.1 Å². The summed E-state index contributed by atoms with van der Waals surface area (Å²) in [7, 11) is 0. The van der Waals surface area contributed by atoms with Crippen LogP contribution in [0.4, 0.5) is 9.18 Å². The molecule has 0 aromatic heterocycles. The van der Waals surface area contributed by atoms with Gasteiger partial charge in [0.1, 0.15) is 5.82 Å². The first kappa shape index (κ1) is 19.6. The number of carbonyl (C=O) groups excluding carboxylic acids is 1. The van der Waals surface area contributed by atoms with Crippen molar-refractivity contribution in [2.24, 2.45) is 11.7 Å². The van der Waals surface area contributed by atoms with Gasteiger partial charge in [-0.25, -0.2) is 9.18 Å². The quantitative estimate of drug-likeness (QED) is 0.830. The number of nitrogens with one attached hydrogen (secondary N) is 1. The molecule has 0 bridgehead atoms. The molecule has 4 rings (SSSR count). The summed E-state index contributed by atoms with van der Waals surface area (Å²) in [6.45, 7) is 2.83. The minimum absolute atomic E-state index is 0.000144. The van der Waals surface area contributed by atoms with Crippen LogP contribution in [0.1, 0.15) is 43.8 Å². The molecule has 3 heterocycles. The van der Waals surface area contributed by atoms with E-state index in [2.05, 4.69) is 5.32 Å². The van der Waals surface area contributed by atoms with Crippen LogP contribution in [-0.2, 0) is 9.47 Å². The van der Waals surface area contributed by atoms with Gasteiger partial charge in [0.25, 0.3) is 0 Å². The zero-order chi connectivity index (χ0) is 19.5. The van der Waals surface area contributed by atoms with E-state index < -0.39 is 0 Å². The van der Waals surface area contributed by atoms with Crippen LogP contribution < -0.4 is 11.1 Å². The van der Waals surface area contributed by atoms with E-state index in [1.807, 2.05) is 4.90 Å². The summed E-state index contributed by atoms with van der Waals surface area (Å²) in [6, 6.07) is 6.61. The van der Waals surface area contributed by atoms with Crippen LogP contribution >= 0.6 is 0 Å². The van der Waals surface area contributed by atoms with Gasteiger partial charge in [0.15, 0.2) is 0 Å².